The van der Waals surface area contributed by atoms with Crippen molar-refractivity contribution < 1.29 is 4.65 Å². The van der Waals surface area contributed by atoms with Gasteiger partial charge in [0.25, 0.3) is 0 Å². The fraction of sp³-hybridized carbons (Fsp3) is 1.00. The molecule has 1 aliphatic carbocycles. The zero-order valence-corrected chi connectivity index (χ0v) is 8.38. The molecule has 0 saturated heterocycles. The zero-order valence-electron chi connectivity index (χ0n) is 8.38. The number of hydrogen-bond acceptors (Lipinski definition) is 1. The lowest BCUT2D eigenvalue weighted by atomic mass is 9.94. The van der Waals surface area contributed by atoms with E-state index in [4.69, 9.17) is 0 Å². The lowest BCUT2D eigenvalue weighted by Crippen LogP contribution is -2.51. The van der Waals surface area contributed by atoms with E-state index in [0.29, 0.717) is 6.04 Å². The molecule has 0 amide bonds. The number of rotatable bonds is 3. The maximum absolute atomic E-state index is 12.1. The molecule has 1 aliphatic rings. The lowest BCUT2D eigenvalue weighted by Gasteiger charge is -2.49. The molecule has 0 aromatic heterocycles. The van der Waals surface area contributed by atoms with Gasteiger partial charge in [0, 0.05) is 0 Å². The topological polar surface area (TPSA) is 23.1 Å². The summed E-state index contributed by atoms with van der Waals surface area (Å²) in [5.74, 6) is 0. The van der Waals surface area contributed by atoms with Crippen LogP contribution in [0.1, 0.15) is 46.0 Å². The number of hydrogen-bond donors (Lipinski definition) is 0. The number of nitrogens with zero attached hydrogens (tertiary/aromatic N) is 1. The molecule has 12 heavy (non-hydrogen) atoms. The molecule has 0 heterocycles. The molecule has 1 saturated carbocycles. The van der Waals surface area contributed by atoms with Crippen LogP contribution in [0.4, 0.5) is 0 Å². The monoisotopic (exact) mass is 171 g/mol. The Hall–Kier alpha value is -0.0800. The van der Waals surface area contributed by atoms with Gasteiger partial charge in [-0.3, -0.25) is 0 Å². The second-order valence-electron chi connectivity index (χ2n) is 3.88. The minimum absolute atomic E-state index is 0.0556. The van der Waals surface area contributed by atoms with Gasteiger partial charge in [-0.05, 0) is 39.5 Å². The van der Waals surface area contributed by atoms with Crippen LogP contribution in [-0.4, -0.2) is 23.8 Å². The second kappa shape index (κ2) is 4.24. The summed E-state index contributed by atoms with van der Waals surface area (Å²) in [5, 5.41) is 12.1. The van der Waals surface area contributed by atoms with Crippen LogP contribution in [0.3, 0.4) is 0 Å². The second-order valence-corrected chi connectivity index (χ2v) is 3.88. The van der Waals surface area contributed by atoms with Gasteiger partial charge in [0.1, 0.15) is 0 Å². The quantitative estimate of drug-likeness (QED) is 0.473. The van der Waals surface area contributed by atoms with Crippen molar-refractivity contribution in [2.24, 2.45) is 0 Å². The van der Waals surface area contributed by atoms with Crippen LogP contribution in [0, 0.1) is 5.21 Å². The van der Waals surface area contributed by atoms with Crippen molar-refractivity contribution in [3.63, 3.8) is 0 Å². The summed E-state index contributed by atoms with van der Waals surface area (Å²) in [6.07, 6.45) is 6.19. The van der Waals surface area contributed by atoms with Crippen LogP contribution >= 0.6 is 0 Å². The molecule has 1 rings (SSSR count). The highest BCUT2D eigenvalue weighted by Gasteiger charge is 2.26. The third-order valence-corrected chi connectivity index (χ3v) is 3.31. The van der Waals surface area contributed by atoms with E-state index in [1.54, 1.807) is 0 Å². The number of quaternary nitrogens is 1. The van der Waals surface area contributed by atoms with Gasteiger partial charge >= 0.3 is 0 Å². The normalized spacial score (nSPS) is 21.2. The molecule has 0 unspecified atom stereocenters. The van der Waals surface area contributed by atoms with E-state index in [2.05, 4.69) is 0 Å². The Balaban J connectivity index is 2.51. The summed E-state index contributed by atoms with van der Waals surface area (Å²) >= 11 is 0. The van der Waals surface area contributed by atoms with Crippen LogP contribution in [0.2, 0.25) is 0 Å². The largest absolute Gasteiger partial charge is 0.633 e. The molecule has 0 N–H and O–H groups in total. The van der Waals surface area contributed by atoms with E-state index in [1.165, 1.54) is 19.3 Å². The molecule has 2 nitrogen and oxygen atoms in total. The van der Waals surface area contributed by atoms with Crippen LogP contribution in [0.15, 0.2) is 0 Å². The van der Waals surface area contributed by atoms with Crippen molar-refractivity contribution in [3.8, 4) is 0 Å². The zero-order chi connectivity index (χ0) is 9.03. The maximum Gasteiger partial charge on any atom is 0.0887 e. The summed E-state index contributed by atoms with van der Waals surface area (Å²) < 4.78 is 0.0556. The first kappa shape index (κ1) is 10.0. The molecule has 2 heteroatoms. The van der Waals surface area contributed by atoms with E-state index >= 15 is 0 Å². The average Bonchev–Trinajstić information content (AvgIpc) is 2.18. The maximum atomic E-state index is 12.1. The van der Waals surface area contributed by atoms with Gasteiger partial charge in [-0.1, -0.05) is 6.42 Å². The highest BCUT2D eigenvalue weighted by atomic mass is 16.5. The molecule has 0 radical (unpaired) electrons. The minimum Gasteiger partial charge on any atom is -0.633 e. The summed E-state index contributed by atoms with van der Waals surface area (Å²) in [5.41, 5.74) is 0. The lowest BCUT2D eigenvalue weighted by molar-refractivity contribution is -0.903. The Morgan fingerprint density at radius 1 is 1.08 bits per heavy atom. The molecule has 0 bridgehead atoms. The van der Waals surface area contributed by atoms with Crippen LogP contribution < -0.4 is 0 Å². The predicted molar refractivity (Wildman–Crippen MR) is 51.6 cm³/mol. The van der Waals surface area contributed by atoms with Gasteiger partial charge in [0.15, 0.2) is 0 Å². The third kappa shape index (κ3) is 1.99. The van der Waals surface area contributed by atoms with E-state index in [1.807, 2.05) is 13.8 Å². The molecule has 0 atom stereocenters. The summed E-state index contributed by atoms with van der Waals surface area (Å²) in [4.78, 5) is 0. The third-order valence-electron chi connectivity index (χ3n) is 3.31. The first-order valence-electron chi connectivity index (χ1n) is 5.30. The first-order valence-corrected chi connectivity index (χ1v) is 5.30. The Kier molecular flexibility index (Phi) is 3.53. The summed E-state index contributed by atoms with van der Waals surface area (Å²) in [6.45, 7) is 5.54. The minimum atomic E-state index is 0.0556. The SMILES string of the molecule is CC[N+]([O-])(CC)C1CCCCC1. The van der Waals surface area contributed by atoms with Gasteiger partial charge in [-0.2, -0.15) is 0 Å². The molecule has 0 spiro atoms. The molecule has 1 fully saturated rings. The van der Waals surface area contributed by atoms with Crippen molar-refractivity contribution in [1.29, 1.82) is 0 Å². The fourth-order valence-corrected chi connectivity index (χ4v) is 2.29. The Labute approximate surface area is 75.7 Å². The summed E-state index contributed by atoms with van der Waals surface area (Å²) in [6, 6.07) is 0.411. The van der Waals surface area contributed by atoms with Gasteiger partial charge < -0.3 is 9.85 Å². The fourth-order valence-electron chi connectivity index (χ4n) is 2.29. The Morgan fingerprint density at radius 2 is 1.58 bits per heavy atom. The van der Waals surface area contributed by atoms with E-state index < -0.39 is 0 Å². The smallest absolute Gasteiger partial charge is 0.0887 e. The molecular weight excluding hydrogens is 150 g/mol. The van der Waals surface area contributed by atoms with Crippen molar-refractivity contribution in [2.45, 2.75) is 52.0 Å². The number of hydroxylamine groups is 3. The molecule has 0 aromatic rings. The predicted octanol–water partition coefficient (Wildman–Crippen LogP) is 2.67. The first-order chi connectivity index (χ1) is 5.73. The van der Waals surface area contributed by atoms with Gasteiger partial charge in [0.05, 0.1) is 19.1 Å². The van der Waals surface area contributed by atoms with Crippen LogP contribution in [0.25, 0.3) is 0 Å². The van der Waals surface area contributed by atoms with Crippen LogP contribution in [-0.2, 0) is 0 Å². The molecule has 0 aliphatic heterocycles. The van der Waals surface area contributed by atoms with Crippen molar-refractivity contribution >= 4 is 0 Å². The summed E-state index contributed by atoms with van der Waals surface area (Å²) in [7, 11) is 0. The van der Waals surface area contributed by atoms with Crippen molar-refractivity contribution in [1.82, 2.24) is 0 Å². The Morgan fingerprint density at radius 3 is 2.00 bits per heavy atom. The Bertz CT molecular complexity index is 126. The molecular formula is C10H21NO. The highest BCUT2D eigenvalue weighted by molar-refractivity contribution is 4.67. The van der Waals surface area contributed by atoms with Gasteiger partial charge in [-0.25, -0.2) is 0 Å². The van der Waals surface area contributed by atoms with E-state index in [-0.39, 0.29) is 4.65 Å². The van der Waals surface area contributed by atoms with Gasteiger partial charge in [-0.15, -0.1) is 0 Å². The highest BCUT2D eigenvalue weighted by Crippen LogP contribution is 2.27. The van der Waals surface area contributed by atoms with Gasteiger partial charge in [0.2, 0.25) is 0 Å². The molecule has 72 valence electrons. The van der Waals surface area contributed by atoms with Crippen molar-refractivity contribution in [2.75, 3.05) is 13.1 Å². The standard InChI is InChI=1S/C10H21NO/c1-3-11(12,4-2)10-8-6-5-7-9-10/h10H,3-9H2,1-2H3. The molecule has 0 aromatic carbocycles. The average molecular weight is 171 g/mol. The van der Waals surface area contributed by atoms with Crippen molar-refractivity contribution in [3.05, 3.63) is 5.21 Å². The van der Waals surface area contributed by atoms with Crippen LogP contribution in [0.5, 0.6) is 0 Å². The van der Waals surface area contributed by atoms with E-state index in [0.717, 1.165) is 25.9 Å². The van der Waals surface area contributed by atoms with E-state index in [9.17, 15) is 5.21 Å².